The van der Waals surface area contributed by atoms with Gasteiger partial charge in [-0.25, -0.2) is 4.68 Å². The number of para-hydroxylation sites is 1. The first-order valence-corrected chi connectivity index (χ1v) is 4.45. The molecule has 0 aliphatic heterocycles. The molecular weight excluding hydrogens is 200 g/mol. The molecule has 0 aliphatic rings. The lowest BCUT2D eigenvalue weighted by molar-refractivity contribution is 0.836. The number of halogens is 1. The average molecular weight is 207 g/mol. The van der Waals surface area contributed by atoms with Crippen LogP contribution in [0.15, 0.2) is 47.5 Å². The molecule has 2 aromatic rings. The van der Waals surface area contributed by atoms with Crippen LogP contribution in [-0.4, -0.2) is 9.78 Å². The predicted molar refractivity (Wildman–Crippen MR) is 54.8 cm³/mol. The minimum Gasteiger partial charge on any atom is -0.286 e. The molecule has 3 nitrogen and oxygen atoms in total. The Morgan fingerprint density at radius 2 is 1.93 bits per heavy atom. The second kappa shape index (κ2) is 3.64. The molecule has 70 valence electrons. The summed E-state index contributed by atoms with van der Waals surface area (Å²) in [5.74, 6) is 0. The van der Waals surface area contributed by atoms with Crippen LogP contribution in [0.4, 0.5) is 0 Å². The van der Waals surface area contributed by atoms with Gasteiger partial charge in [-0.1, -0.05) is 29.8 Å². The highest BCUT2D eigenvalue weighted by molar-refractivity contribution is 6.30. The van der Waals surface area contributed by atoms with E-state index in [0.29, 0.717) is 0 Å². The van der Waals surface area contributed by atoms with E-state index in [2.05, 4.69) is 5.10 Å². The standard InChI is InChI=1S/C10H7ClN2O/c11-9-7-13(12-6-10(9)14)8-4-2-1-3-5-8/h1-7H. The van der Waals surface area contributed by atoms with Crippen molar-refractivity contribution in [3.05, 3.63) is 58.0 Å². The van der Waals surface area contributed by atoms with E-state index in [1.54, 1.807) is 4.68 Å². The summed E-state index contributed by atoms with van der Waals surface area (Å²) in [7, 11) is 0. The number of aromatic nitrogens is 2. The molecule has 0 bridgehead atoms. The van der Waals surface area contributed by atoms with Crippen LogP contribution in [0.25, 0.3) is 5.69 Å². The summed E-state index contributed by atoms with van der Waals surface area (Å²) < 4.78 is 1.56. The lowest BCUT2D eigenvalue weighted by Crippen LogP contribution is -2.08. The third-order valence-electron chi connectivity index (χ3n) is 1.79. The quantitative estimate of drug-likeness (QED) is 0.714. The molecule has 1 aromatic carbocycles. The molecule has 0 saturated carbocycles. The van der Waals surface area contributed by atoms with E-state index in [1.807, 2.05) is 30.3 Å². The van der Waals surface area contributed by atoms with Crippen LogP contribution in [0.3, 0.4) is 0 Å². The van der Waals surface area contributed by atoms with E-state index in [4.69, 9.17) is 11.6 Å². The van der Waals surface area contributed by atoms with Gasteiger partial charge in [0.25, 0.3) is 0 Å². The average Bonchev–Trinajstić information content (AvgIpc) is 2.23. The van der Waals surface area contributed by atoms with Gasteiger partial charge in [0, 0.05) is 0 Å². The molecule has 4 heteroatoms. The van der Waals surface area contributed by atoms with Gasteiger partial charge in [-0.05, 0) is 12.1 Å². The Labute approximate surface area is 85.6 Å². The first-order valence-electron chi connectivity index (χ1n) is 4.07. The third kappa shape index (κ3) is 1.67. The Morgan fingerprint density at radius 3 is 2.57 bits per heavy atom. The Hall–Kier alpha value is -1.61. The summed E-state index contributed by atoms with van der Waals surface area (Å²) in [6.07, 6.45) is 2.70. The SMILES string of the molecule is O=c1cnn(-c2ccccc2)cc1Cl. The summed E-state index contributed by atoms with van der Waals surface area (Å²) in [6, 6.07) is 9.46. The van der Waals surface area contributed by atoms with Crippen LogP contribution < -0.4 is 5.43 Å². The minimum absolute atomic E-state index is 0.170. The van der Waals surface area contributed by atoms with Crippen molar-refractivity contribution < 1.29 is 0 Å². The van der Waals surface area contributed by atoms with Crippen molar-refractivity contribution in [3.8, 4) is 5.69 Å². The Bertz CT molecular complexity index is 493. The molecular formula is C10H7ClN2O. The van der Waals surface area contributed by atoms with Gasteiger partial charge in [0.1, 0.15) is 5.02 Å². The van der Waals surface area contributed by atoms with Gasteiger partial charge < -0.3 is 0 Å². The maximum Gasteiger partial charge on any atom is 0.218 e. The minimum atomic E-state index is -0.265. The van der Waals surface area contributed by atoms with Crippen molar-refractivity contribution in [1.82, 2.24) is 9.78 Å². The van der Waals surface area contributed by atoms with Crippen molar-refractivity contribution >= 4 is 11.6 Å². The largest absolute Gasteiger partial charge is 0.286 e. The number of hydrogen-bond acceptors (Lipinski definition) is 2. The maximum absolute atomic E-state index is 11.0. The molecule has 0 N–H and O–H groups in total. The zero-order valence-corrected chi connectivity index (χ0v) is 7.98. The van der Waals surface area contributed by atoms with Crippen LogP contribution in [0.1, 0.15) is 0 Å². The fraction of sp³-hybridized carbons (Fsp3) is 0. The zero-order valence-electron chi connectivity index (χ0n) is 7.22. The highest BCUT2D eigenvalue weighted by Gasteiger charge is 1.98. The molecule has 1 heterocycles. The Balaban J connectivity index is 2.54. The molecule has 0 spiro atoms. The molecule has 0 aliphatic carbocycles. The van der Waals surface area contributed by atoms with Gasteiger partial charge in [0.15, 0.2) is 0 Å². The monoisotopic (exact) mass is 206 g/mol. The van der Waals surface area contributed by atoms with Crippen molar-refractivity contribution in [3.63, 3.8) is 0 Å². The zero-order chi connectivity index (χ0) is 9.97. The molecule has 0 saturated heterocycles. The topological polar surface area (TPSA) is 34.9 Å². The van der Waals surface area contributed by atoms with Crippen LogP contribution in [0.5, 0.6) is 0 Å². The number of benzene rings is 1. The second-order valence-electron chi connectivity index (χ2n) is 2.77. The highest BCUT2D eigenvalue weighted by Crippen LogP contribution is 2.06. The van der Waals surface area contributed by atoms with E-state index >= 15 is 0 Å². The summed E-state index contributed by atoms with van der Waals surface area (Å²) >= 11 is 5.69. The van der Waals surface area contributed by atoms with E-state index in [9.17, 15) is 4.79 Å². The molecule has 0 radical (unpaired) electrons. The molecule has 0 fully saturated rings. The van der Waals surface area contributed by atoms with E-state index < -0.39 is 0 Å². The van der Waals surface area contributed by atoms with E-state index in [1.165, 1.54) is 12.4 Å². The summed E-state index contributed by atoms with van der Waals surface area (Å²) in [5, 5.41) is 4.10. The second-order valence-corrected chi connectivity index (χ2v) is 3.17. The molecule has 1 aromatic heterocycles. The van der Waals surface area contributed by atoms with E-state index in [0.717, 1.165) is 5.69 Å². The van der Waals surface area contributed by atoms with E-state index in [-0.39, 0.29) is 10.5 Å². The smallest absolute Gasteiger partial charge is 0.218 e. The Kier molecular flexibility index (Phi) is 2.33. The van der Waals surface area contributed by atoms with Gasteiger partial charge in [0.2, 0.25) is 5.43 Å². The van der Waals surface area contributed by atoms with Gasteiger partial charge in [-0.15, -0.1) is 0 Å². The van der Waals surface area contributed by atoms with Crippen molar-refractivity contribution in [2.24, 2.45) is 0 Å². The summed E-state index contributed by atoms with van der Waals surface area (Å²) in [5.41, 5.74) is 0.605. The van der Waals surface area contributed by atoms with Crippen LogP contribution in [0.2, 0.25) is 5.02 Å². The van der Waals surface area contributed by atoms with Crippen molar-refractivity contribution in [1.29, 1.82) is 0 Å². The lowest BCUT2D eigenvalue weighted by atomic mass is 10.3. The van der Waals surface area contributed by atoms with Crippen molar-refractivity contribution in [2.75, 3.05) is 0 Å². The van der Waals surface area contributed by atoms with Gasteiger partial charge in [-0.2, -0.15) is 5.10 Å². The molecule has 0 atom stereocenters. The molecule has 0 amide bonds. The summed E-state index contributed by atoms with van der Waals surface area (Å²) in [4.78, 5) is 11.0. The van der Waals surface area contributed by atoms with Crippen LogP contribution in [0, 0.1) is 0 Å². The predicted octanol–water partition coefficient (Wildman–Crippen LogP) is 1.89. The highest BCUT2D eigenvalue weighted by atomic mass is 35.5. The summed E-state index contributed by atoms with van der Waals surface area (Å²) in [6.45, 7) is 0. The first-order chi connectivity index (χ1) is 6.77. The Morgan fingerprint density at radius 1 is 1.21 bits per heavy atom. The molecule has 0 unspecified atom stereocenters. The number of hydrogen-bond donors (Lipinski definition) is 0. The molecule has 14 heavy (non-hydrogen) atoms. The molecule has 2 rings (SSSR count). The number of rotatable bonds is 1. The fourth-order valence-corrected chi connectivity index (χ4v) is 1.24. The fourth-order valence-electron chi connectivity index (χ4n) is 1.10. The first kappa shape index (κ1) is 8.97. The van der Waals surface area contributed by atoms with Gasteiger partial charge in [0.05, 0.1) is 18.1 Å². The lowest BCUT2D eigenvalue weighted by Gasteiger charge is -2.03. The normalized spacial score (nSPS) is 10.1. The van der Waals surface area contributed by atoms with Crippen molar-refractivity contribution in [2.45, 2.75) is 0 Å². The maximum atomic E-state index is 11.0. The van der Waals surface area contributed by atoms with Crippen LogP contribution in [-0.2, 0) is 0 Å². The van der Waals surface area contributed by atoms with Gasteiger partial charge >= 0.3 is 0 Å². The van der Waals surface area contributed by atoms with Crippen LogP contribution >= 0.6 is 11.6 Å². The van der Waals surface area contributed by atoms with Gasteiger partial charge in [-0.3, -0.25) is 4.79 Å². The number of nitrogens with zero attached hydrogens (tertiary/aromatic N) is 2. The third-order valence-corrected chi connectivity index (χ3v) is 2.07.